The molecule has 0 radical (unpaired) electrons. The number of rotatable bonds is 9. The number of carbonyl (C=O) groups excluding carboxylic acids is 2. The van der Waals surface area contributed by atoms with Crippen LogP contribution in [0.5, 0.6) is 17.2 Å². The van der Waals surface area contributed by atoms with Crippen molar-refractivity contribution in [3.8, 4) is 17.2 Å². The zero-order chi connectivity index (χ0) is 23.3. The first-order valence-corrected chi connectivity index (χ1v) is 9.60. The van der Waals surface area contributed by atoms with Crippen LogP contribution in [0.2, 0.25) is 0 Å². The third kappa shape index (κ3) is 4.61. The number of hydrogen-bond donors (Lipinski definition) is 1. The summed E-state index contributed by atoms with van der Waals surface area (Å²) in [4.78, 5) is 40.7. The first-order chi connectivity index (χ1) is 15.4. The second-order valence-electron chi connectivity index (χ2n) is 6.53. The predicted octanol–water partition coefficient (Wildman–Crippen LogP) is 3.12. The summed E-state index contributed by atoms with van der Waals surface area (Å²) in [5.41, 5.74) is 0.489. The maximum absolute atomic E-state index is 13.3. The second-order valence-corrected chi connectivity index (χ2v) is 6.53. The number of ether oxygens (including phenoxy) is 4. The van der Waals surface area contributed by atoms with E-state index >= 15 is 0 Å². The van der Waals surface area contributed by atoms with E-state index in [-0.39, 0.29) is 29.2 Å². The molecule has 0 spiro atoms. The van der Waals surface area contributed by atoms with E-state index in [1.165, 1.54) is 26.5 Å². The Morgan fingerprint density at radius 3 is 2.31 bits per heavy atom. The molecule has 0 aliphatic heterocycles. The third-order valence-corrected chi connectivity index (χ3v) is 4.56. The number of esters is 1. The molecule has 3 aromatic rings. The molecule has 0 saturated heterocycles. The molecule has 0 bridgehead atoms. The van der Waals surface area contributed by atoms with E-state index in [1.54, 1.807) is 37.3 Å². The van der Waals surface area contributed by atoms with Gasteiger partial charge in [0.2, 0.25) is 5.78 Å². The van der Waals surface area contributed by atoms with Gasteiger partial charge in [-0.05, 0) is 31.2 Å². The summed E-state index contributed by atoms with van der Waals surface area (Å²) in [5, 5.41) is 9.57. The number of methoxy groups -OCH3 is 2. The Hall–Kier alpha value is -4.14. The van der Waals surface area contributed by atoms with Gasteiger partial charge in [-0.3, -0.25) is 9.78 Å². The van der Waals surface area contributed by atoms with E-state index < -0.39 is 24.3 Å². The van der Waals surface area contributed by atoms with E-state index in [9.17, 15) is 14.4 Å². The lowest BCUT2D eigenvalue weighted by Gasteiger charge is -2.14. The van der Waals surface area contributed by atoms with Crippen LogP contribution in [0, 0.1) is 0 Å². The number of nitrogens with zero attached hydrogens (tertiary/aromatic N) is 1. The van der Waals surface area contributed by atoms with E-state index in [0.717, 1.165) is 0 Å². The van der Waals surface area contributed by atoms with Gasteiger partial charge in [-0.15, -0.1) is 0 Å². The van der Waals surface area contributed by atoms with Gasteiger partial charge in [0.25, 0.3) is 0 Å². The monoisotopic (exact) mass is 439 g/mol. The van der Waals surface area contributed by atoms with Gasteiger partial charge >= 0.3 is 11.9 Å². The molecule has 0 atom stereocenters. The molecule has 1 heterocycles. The minimum absolute atomic E-state index is 0.0735. The lowest BCUT2D eigenvalue weighted by molar-refractivity contribution is -0.139. The van der Waals surface area contributed by atoms with Crippen LogP contribution in [-0.4, -0.2) is 55.2 Å². The topological polar surface area (TPSA) is 121 Å². The first kappa shape index (κ1) is 22.5. The molecule has 0 amide bonds. The fraction of sp³-hybridized carbons (Fsp3) is 0.217. The third-order valence-electron chi connectivity index (χ3n) is 4.56. The van der Waals surface area contributed by atoms with Crippen molar-refractivity contribution in [1.29, 1.82) is 0 Å². The molecule has 0 unspecified atom stereocenters. The van der Waals surface area contributed by atoms with Gasteiger partial charge in [-0.25, -0.2) is 9.59 Å². The van der Waals surface area contributed by atoms with Crippen molar-refractivity contribution in [3.63, 3.8) is 0 Å². The average molecular weight is 439 g/mol. The number of carboxylic acid groups (broad SMARTS) is 1. The Balaban J connectivity index is 2.15. The number of benzene rings is 2. The highest BCUT2D eigenvalue weighted by molar-refractivity contribution is 6.18. The summed E-state index contributed by atoms with van der Waals surface area (Å²) in [6, 6.07) is 9.27. The van der Waals surface area contributed by atoms with Gasteiger partial charge in [0, 0.05) is 22.5 Å². The number of carboxylic acids is 1. The minimum Gasteiger partial charge on any atom is -0.493 e. The number of aliphatic carboxylic acids is 1. The van der Waals surface area contributed by atoms with Crippen molar-refractivity contribution < 1.29 is 38.4 Å². The van der Waals surface area contributed by atoms with Gasteiger partial charge in [0.15, 0.2) is 18.1 Å². The average Bonchev–Trinajstić information content (AvgIpc) is 2.80. The molecular weight excluding hydrogens is 418 g/mol. The Morgan fingerprint density at radius 2 is 1.69 bits per heavy atom. The normalized spacial score (nSPS) is 10.5. The van der Waals surface area contributed by atoms with Crippen LogP contribution in [-0.2, 0) is 9.53 Å². The van der Waals surface area contributed by atoms with Crippen molar-refractivity contribution in [3.05, 3.63) is 59.4 Å². The molecule has 32 heavy (non-hydrogen) atoms. The first-order valence-electron chi connectivity index (χ1n) is 9.60. The lowest BCUT2D eigenvalue weighted by atomic mass is 9.99. The maximum Gasteiger partial charge on any atom is 0.341 e. The molecule has 3 rings (SSSR count). The molecule has 1 aromatic heterocycles. The summed E-state index contributed by atoms with van der Waals surface area (Å²) in [6.45, 7) is 1.33. The number of pyridine rings is 1. The van der Waals surface area contributed by atoms with Gasteiger partial charge in [0.1, 0.15) is 11.4 Å². The van der Waals surface area contributed by atoms with Gasteiger partial charge < -0.3 is 24.1 Å². The summed E-state index contributed by atoms with van der Waals surface area (Å²) in [5.74, 6) is -1.21. The van der Waals surface area contributed by atoms with Gasteiger partial charge in [-0.2, -0.15) is 0 Å². The Labute approximate surface area is 183 Å². The highest BCUT2D eigenvalue weighted by Gasteiger charge is 2.22. The van der Waals surface area contributed by atoms with E-state index in [2.05, 4.69) is 4.98 Å². The molecule has 0 aliphatic carbocycles. The highest BCUT2D eigenvalue weighted by Crippen LogP contribution is 2.35. The highest BCUT2D eigenvalue weighted by atomic mass is 16.5. The van der Waals surface area contributed by atoms with Crippen molar-refractivity contribution in [1.82, 2.24) is 4.98 Å². The summed E-state index contributed by atoms with van der Waals surface area (Å²) in [6.07, 6.45) is 1.28. The lowest BCUT2D eigenvalue weighted by Crippen LogP contribution is -2.12. The van der Waals surface area contributed by atoms with Gasteiger partial charge in [-0.1, -0.05) is 12.1 Å². The standard InChI is InChI=1S/C23H21NO8/c1-4-31-23(28)17-11-24-21(16-10-19(30-3)18(29-2)9-15(16)17)22(27)13-6-5-7-14(8-13)32-12-20(25)26/h5-11H,4,12H2,1-3H3,(H,25,26). The van der Waals surface area contributed by atoms with E-state index in [4.69, 9.17) is 24.1 Å². The van der Waals surface area contributed by atoms with E-state index in [1.807, 2.05) is 0 Å². The predicted molar refractivity (Wildman–Crippen MR) is 114 cm³/mol. The van der Waals surface area contributed by atoms with Crippen molar-refractivity contribution >= 4 is 28.5 Å². The number of ketones is 1. The van der Waals surface area contributed by atoms with Gasteiger partial charge in [0.05, 0.1) is 26.4 Å². The SMILES string of the molecule is CCOC(=O)c1cnc(C(=O)c2cccc(OCC(=O)O)c2)c2cc(OC)c(OC)cc12. The number of hydrogen-bond acceptors (Lipinski definition) is 8. The molecule has 0 fully saturated rings. The Bertz CT molecular complexity index is 1190. The fourth-order valence-electron chi connectivity index (χ4n) is 3.13. The van der Waals surface area contributed by atoms with Crippen LogP contribution in [0.25, 0.3) is 10.8 Å². The molecule has 9 nitrogen and oxygen atoms in total. The zero-order valence-electron chi connectivity index (χ0n) is 17.7. The minimum atomic E-state index is -1.13. The zero-order valence-corrected chi connectivity index (χ0v) is 17.7. The van der Waals surface area contributed by atoms with Crippen molar-refractivity contribution in [2.45, 2.75) is 6.92 Å². The smallest absolute Gasteiger partial charge is 0.341 e. The summed E-state index contributed by atoms with van der Waals surface area (Å²) < 4.78 is 21.0. The largest absolute Gasteiger partial charge is 0.493 e. The number of carbonyl (C=O) groups is 3. The van der Waals surface area contributed by atoms with Crippen LogP contribution in [0.4, 0.5) is 0 Å². The molecule has 1 N–H and O–H groups in total. The molecule has 0 saturated carbocycles. The van der Waals surface area contributed by atoms with Crippen LogP contribution < -0.4 is 14.2 Å². The van der Waals surface area contributed by atoms with Crippen LogP contribution in [0.15, 0.2) is 42.6 Å². The molecule has 166 valence electrons. The molecule has 9 heteroatoms. The Kier molecular flexibility index (Phi) is 6.89. The number of fused-ring (bicyclic) bond motifs is 1. The van der Waals surface area contributed by atoms with Crippen LogP contribution >= 0.6 is 0 Å². The summed E-state index contributed by atoms with van der Waals surface area (Å²) in [7, 11) is 2.92. The van der Waals surface area contributed by atoms with Crippen LogP contribution in [0.1, 0.15) is 33.3 Å². The second kappa shape index (κ2) is 9.78. The van der Waals surface area contributed by atoms with Crippen molar-refractivity contribution in [2.75, 3.05) is 27.4 Å². The van der Waals surface area contributed by atoms with Crippen LogP contribution in [0.3, 0.4) is 0 Å². The fourth-order valence-corrected chi connectivity index (χ4v) is 3.13. The van der Waals surface area contributed by atoms with E-state index in [0.29, 0.717) is 22.3 Å². The maximum atomic E-state index is 13.3. The molecule has 0 aliphatic rings. The quantitative estimate of drug-likeness (QED) is 0.396. The molecular formula is C23H21NO8. The Morgan fingerprint density at radius 1 is 1.00 bits per heavy atom. The molecule has 2 aromatic carbocycles. The summed E-state index contributed by atoms with van der Waals surface area (Å²) >= 11 is 0. The number of aromatic nitrogens is 1. The van der Waals surface area contributed by atoms with Crippen molar-refractivity contribution in [2.24, 2.45) is 0 Å².